The molecule has 1 aromatic heterocycles. The summed E-state index contributed by atoms with van der Waals surface area (Å²) in [6.45, 7) is 14.2. The van der Waals surface area contributed by atoms with Crippen LogP contribution in [0.1, 0.15) is 64.5 Å². The summed E-state index contributed by atoms with van der Waals surface area (Å²) in [6, 6.07) is 13.8. The van der Waals surface area contributed by atoms with E-state index in [0.717, 1.165) is 0 Å². The number of benzene rings is 1. The van der Waals surface area contributed by atoms with E-state index >= 15 is 0 Å². The number of hydrogen-bond donors (Lipinski definition) is 1. The topological polar surface area (TPSA) is 28.2 Å². The number of fused-ring (bicyclic) bond motifs is 3. The Morgan fingerprint density at radius 2 is 1.62 bits per heavy atom. The maximum Gasteiger partial charge on any atom is 0.0878 e. The summed E-state index contributed by atoms with van der Waals surface area (Å²) >= 11 is 0. The first kappa shape index (κ1) is 17.5. The van der Waals surface area contributed by atoms with Crippen molar-refractivity contribution in [3.8, 4) is 0 Å². The minimum Gasteiger partial charge on any atom is -0.368 e. The summed E-state index contributed by atoms with van der Waals surface area (Å²) in [6.07, 6.45) is 4.24. The number of hydrogen-bond acceptors (Lipinski definition) is 3. The van der Waals surface area contributed by atoms with Gasteiger partial charge in [0.2, 0.25) is 0 Å². The van der Waals surface area contributed by atoms with Crippen LogP contribution >= 0.6 is 0 Å². The quantitative estimate of drug-likeness (QED) is 0.764. The van der Waals surface area contributed by atoms with Gasteiger partial charge in [-0.1, -0.05) is 51.1 Å². The first-order chi connectivity index (χ1) is 12.2. The number of pyridine rings is 1. The fourth-order valence-corrected chi connectivity index (χ4v) is 5.27. The van der Waals surface area contributed by atoms with E-state index in [1.807, 2.05) is 12.4 Å². The fourth-order valence-electron chi connectivity index (χ4n) is 5.27. The first-order valence-electron chi connectivity index (χ1n) is 9.73. The fraction of sp³-hybridized carbons (Fsp3) is 0.522. The highest BCUT2D eigenvalue weighted by atomic mass is 15.4. The molecule has 1 aromatic carbocycles. The van der Waals surface area contributed by atoms with Gasteiger partial charge in [-0.3, -0.25) is 9.88 Å². The van der Waals surface area contributed by atoms with Crippen molar-refractivity contribution in [2.24, 2.45) is 5.41 Å². The minimum atomic E-state index is 0.0763. The predicted molar refractivity (Wildman–Crippen MR) is 108 cm³/mol. The summed E-state index contributed by atoms with van der Waals surface area (Å²) in [7, 11) is 0. The van der Waals surface area contributed by atoms with Crippen molar-refractivity contribution in [2.75, 3.05) is 5.32 Å². The van der Waals surface area contributed by atoms with Gasteiger partial charge in [-0.05, 0) is 43.4 Å². The molecule has 3 heteroatoms. The molecule has 0 radical (unpaired) electrons. The molecule has 2 aliphatic rings. The molecule has 0 amide bonds. The molecule has 3 heterocycles. The van der Waals surface area contributed by atoms with Gasteiger partial charge in [0.1, 0.15) is 0 Å². The first-order valence-corrected chi connectivity index (χ1v) is 9.73. The van der Waals surface area contributed by atoms with Crippen molar-refractivity contribution in [3.05, 3.63) is 59.9 Å². The van der Waals surface area contributed by atoms with Crippen molar-refractivity contribution in [1.29, 1.82) is 0 Å². The molecule has 0 aliphatic carbocycles. The van der Waals surface area contributed by atoms with Crippen LogP contribution in [0.15, 0.2) is 48.8 Å². The molecule has 0 saturated carbocycles. The van der Waals surface area contributed by atoms with Gasteiger partial charge in [0, 0.05) is 29.6 Å². The highest BCUT2D eigenvalue weighted by Gasteiger charge is 2.59. The number of nitrogens with zero attached hydrogens (tertiary/aromatic N) is 2. The van der Waals surface area contributed by atoms with Gasteiger partial charge in [0.05, 0.1) is 18.1 Å². The van der Waals surface area contributed by atoms with E-state index in [4.69, 9.17) is 0 Å². The van der Waals surface area contributed by atoms with E-state index in [-0.39, 0.29) is 11.0 Å². The minimum absolute atomic E-state index is 0.0763. The zero-order valence-electron chi connectivity index (χ0n) is 16.8. The Morgan fingerprint density at radius 3 is 2.23 bits per heavy atom. The maximum absolute atomic E-state index is 4.36. The Labute approximate surface area is 157 Å². The lowest BCUT2D eigenvalue weighted by Crippen LogP contribution is -2.55. The number of nitrogens with one attached hydrogen (secondary N) is 1. The molecule has 4 atom stereocenters. The maximum atomic E-state index is 4.36. The van der Waals surface area contributed by atoms with Crippen molar-refractivity contribution in [3.63, 3.8) is 0 Å². The Morgan fingerprint density at radius 1 is 0.923 bits per heavy atom. The molecular weight excluding hydrogens is 318 g/mol. The molecule has 1 N–H and O–H groups in total. The SMILES string of the molecule is CC(C)(C)C1C(c2ccccc2)C2c3ccncc3NC2N1C(C)(C)C. The van der Waals surface area contributed by atoms with Crippen molar-refractivity contribution >= 4 is 5.69 Å². The van der Waals surface area contributed by atoms with Crippen LogP contribution in [0.4, 0.5) is 5.69 Å². The molecule has 4 rings (SSSR count). The summed E-state index contributed by atoms with van der Waals surface area (Å²) in [5, 5.41) is 3.82. The van der Waals surface area contributed by atoms with Crippen molar-refractivity contribution in [2.45, 2.75) is 71.1 Å². The summed E-state index contributed by atoms with van der Waals surface area (Å²) in [5.41, 5.74) is 4.31. The van der Waals surface area contributed by atoms with Gasteiger partial charge in [0.15, 0.2) is 0 Å². The summed E-state index contributed by atoms with van der Waals surface area (Å²) in [4.78, 5) is 7.09. The molecule has 0 spiro atoms. The molecule has 1 saturated heterocycles. The Kier molecular flexibility index (Phi) is 3.92. The van der Waals surface area contributed by atoms with Gasteiger partial charge in [0.25, 0.3) is 0 Å². The second kappa shape index (κ2) is 5.82. The molecule has 3 nitrogen and oxygen atoms in total. The average molecular weight is 350 g/mol. The smallest absolute Gasteiger partial charge is 0.0878 e. The van der Waals surface area contributed by atoms with E-state index in [0.29, 0.717) is 24.0 Å². The van der Waals surface area contributed by atoms with Gasteiger partial charge in [-0.25, -0.2) is 0 Å². The second-order valence-corrected chi connectivity index (χ2v) is 9.90. The second-order valence-electron chi connectivity index (χ2n) is 9.90. The van der Waals surface area contributed by atoms with E-state index in [2.05, 4.69) is 93.1 Å². The molecule has 26 heavy (non-hydrogen) atoms. The van der Waals surface area contributed by atoms with Crippen LogP contribution in [0.2, 0.25) is 0 Å². The number of rotatable bonds is 1. The van der Waals surface area contributed by atoms with Crippen LogP contribution in [0.25, 0.3) is 0 Å². The third-order valence-corrected chi connectivity index (χ3v) is 6.03. The lowest BCUT2D eigenvalue weighted by atomic mass is 9.71. The molecule has 2 aromatic rings. The highest BCUT2D eigenvalue weighted by molar-refractivity contribution is 5.60. The monoisotopic (exact) mass is 349 g/mol. The van der Waals surface area contributed by atoms with Gasteiger partial charge < -0.3 is 5.32 Å². The highest BCUT2D eigenvalue weighted by Crippen LogP contribution is 2.58. The Bertz CT molecular complexity index is 785. The molecule has 1 fully saturated rings. The van der Waals surface area contributed by atoms with E-state index < -0.39 is 0 Å². The zero-order chi connectivity index (χ0) is 18.7. The average Bonchev–Trinajstić information content (AvgIpc) is 3.08. The van der Waals surface area contributed by atoms with Gasteiger partial charge >= 0.3 is 0 Å². The van der Waals surface area contributed by atoms with Crippen LogP contribution in [0, 0.1) is 5.41 Å². The third kappa shape index (κ3) is 2.64. The lowest BCUT2D eigenvalue weighted by Gasteiger charge is -2.47. The van der Waals surface area contributed by atoms with E-state index in [1.165, 1.54) is 16.8 Å². The number of likely N-dealkylation sites (tertiary alicyclic amines) is 1. The summed E-state index contributed by atoms with van der Waals surface area (Å²) in [5.74, 6) is 0.899. The number of anilines is 1. The lowest BCUT2D eigenvalue weighted by molar-refractivity contribution is 0.0283. The Balaban J connectivity index is 1.93. The standard InChI is InChI=1S/C23H31N3/c1-22(2,3)20-18(15-10-8-7-9-11-15)19-16-12-13-24-14-17(16)25-21(19)26(20)23(4,5)6/h7-14,18-21,25H,1-6H3. The Hall–Kier alpha value is -1.87. The summed E-state index contributed by atoms with van der Waals surface area (Å²) < 4.78 is 0. The third-order valence-electron chi connectivity index (χ3n) is 6.03. The van der Waals surface area contributed by atoms with Crippen LogP contribution in [0.3, 0.4) is 0 Å². The van der Waals surface area contributed by atoms with Crippen molar-refractivity contribution < 1.29 is 0 Å². The number of aromatic nitrogens is 1. The molecule has 0 bridgehead atoms. The van der Waals surface area contributed by atoms with Gasteiger partial charge in [-0.2, -0.15) is 0 Å². The van der Waals surface area contributed by atoms with E-state index in [1.54, 1.807) is 0 Å². The van der Waals surface area contributed by atoms with Crippen LogP contribution in [-0.4, -0.2) is 27.6 Å². The largest absolute Gasteiger partial charge is 0.368 e. The van der Waals surface area contributed by atoms with Crippen LogP contribution < -0.4 is 5.32 Å². The van der Waals surface area contributed by atoms with Crippen LogP contribution in [-0.2, 0) is 0 Å². The predicted octanol–water partition coefficient (Wildman–Crippen LogP) is 5.23. The normalized spacial score (nSPS) is 28.5. The molecule has 2 aliphatic heterocycles. The van der Waals surface area contributed by atoms with Crippen molar-refractivity contribution in [1.82, 2.24) is 9.88 Å². The van der Waals surface area contributed by atoms with E-state index in [9.17, 15) is 0 Å². The molecule has 138 valence electrons. The zero-order valence-corrected chi connectivity index (χ0v) is 16.8. The van der Waals surface area contributed by atoms with Gasteiger partial charge in [-0.15, -0.1) is 0 Å². The molecular formula is C23H31N3. The van der Waals surface area contributed by atoms with Crippen LogP contribution in [0.5, 0.6) is 0 Å². The molecule has 4 unspecified atom stereocenters.